The first-order valence-electron chi connectivity index (χ1n) is 9.29. The van der Waals surface area contributed by atoms with Gasteiger partial charge in [0.1, 0.15) is 0 Å². The Bertz CT molecular complexity index is 964. The summed E-state index contributed by atoms with van der Waals surface area (Å²) in [7, 11) is 0. The van der Waals surface area contributed by atoms with E-state index in [1.807, 2.05) is 41.8 Å². The predicted molar refractivity (Wildman–Crippen MR) is 109 cm³/mol. The average Bonchev–Trinajstić information content (AvgIpc) is 3.48. The SMILES string of the molecule is O=C(COC(=O)Cn1nnc(-c2cccs2)n1)Nc1ccc(N2CCCC2)cc1. The Hall–Kier alpha value is -3.27. The molecule has 10 heteroatoms. The minimum Gasteiger partial charge on any atom is -0.454 e. The van der Waals surface area contributed by atoms with Crippen LogP contribution in [0.15, 0.2) is 41.8 Å². The van der Waals surface area contributed by atoms with Crippen molar-refractivity contribution in [2.24, 2.45) is 0 Å². The molecule has 2 aromatic heterocycles. The number of aromatic nitrogens is 4. The third-order valence-corrected chi connectivity index (χ3v) is 5.32. The molecule has 0 atom stereocenters. The second kappa shape index (κ2) is 8.82. The fraction of sp³-hybridized carbons (Fsp3) is 0.316. The number of benzene rings is 1. The number of hydrogen-bond acceptors (Lipinski definition) is 8. The van der Waals surface area contributed by atoms with Gasteiger partial charge >= 0.3 is 5.97 Å². The molecule has 150 valence electrons. The van der Waals surface area contributed by atoms with Gasteiger partial charge in [-0.2, -0.15) is 4.80 Å². The van der Waals surface area contributed by atoms with Crippen molar-refractivity contribution in [1.82, 2.24) is 20.2 Å². The van der Waals surface area contributed by atoms with Gasteiger partial charge in [-0.05, 0) is 53.8 Å². The number of esters is 1. The highest BCUT2D eigenvalue weighted by Crippen LogP contribution is 2.22. The Kier molecular flexibility index (Phi) is 5.80. The highest BCUT2D eigenvalue weighted by molar-refractivity contribution is 7.13. The van der Waals surface area contributed by atoms with Crippen LogP contribution in [0.3, 0.4) is 0 Å². The van der Waals surface area contributed by atoms with Gasteiger partial charge in [-0.3, -0.25) is 4.79 Å². The minimum atomic E-state index is -0.611. The fourth-order valence-electron chi connectivity index (χ4n) is 3.05. The minimum absolute atomic E-state index is 0.212. The highest BCUT2D eigenvalue weighted by atomic mass is 32.1. The van der Waals surface area contributed by atoms with Gasteiger partial charge < -0.3 is 15.0 Å². The van der Waals surface area contributed by atoms with E-state index in [9.17, 15) is 9.59 Å². The van der Waals surface area contributed by atoms with Gasteiger partial charge in [-0.15, -0.1) is 21.5 Å². The third kappa shape index (κ3) is 4.96. The molecule has 0 spiro atoms. The number of carbonyl (C=O) groups excluding carboxylic acids is 2. The summed E-state index contributed by atoms with van der Waals surface area (Å²) >= 11 is 1.48. The number of anilines is 2. The van der Waals surface area contributed by atoms with E-state index >= 15 is 0 Å². The number of nitrogens with zero attached hydrogens (tertiary/aromatic N) is 5. The van der Waals surface area contributed by atoms with Crippen LogP contribution in [0.2, 0.25) is 0 Å². The van der Waals surface area contributed by atoms with Crippen molar-refractivity contribution in [3.05, 3.63) is 41.8 Å². The van der Waals surface area contributed by atoms with Gasteiger partial charge in [0.2, 0.25) is 5.82 Å². The van der Waals surface area contributed by atoms with Crippen LogP contribution < -0.4 is 10.2 Å². The van der Waals surface area contributed by atoms with Crippen molar-refractivity contribution in [2.45, 2.75) is 19.4 Å². The Balaban J connectivity index is 1.22. The molecule has 1 aliphatic rings. The molecular formula is C19H20N6O3S. The molecule has 0 saturated carbocycles. The quantitative estimate of drug-likeness (QED) is 0.594. The fourth-order valence-corrected chi connectivity index (χ4v) is 3.70. The standard InChI is InChI=1S/C19H20N6O3S/c26-17(20-14-5-7-15(8-6-14)24-9-1-2-10-24)13-28-18(27)12-25-22-19(21-23-25)16-4-3-11-29-16/h3-8,11H,1-2,9-10,12-13H2,(H,20,26). The second-order valence-corrected chi connectivity index (χ2v) is 7.52. The summed E-state index contributed by atoms with van der Waals surface area (Å²) < 4.78 is 5.00. The van der Waals surface area contributed by atoms with E-state index in [0.29, 0.717) is 11.5 Å². The number of hydrogen-bond donors (Lipinski definition) is 1. The molecule has 1 aliphatic heterocycles. The van der Waals surface area contributed by atoms with E-state index in [4.69, 9.17) is 4.74 Å². The van der Waals surface area contributed by atoms with E-state index in [0.717, 1.165) is 28.5 Å². The van der Waals surface area contributed by atoms with Crippen LogP contribution in [0.1, 0.15) is 12.8 Å². The van der Waals surface area contributed by atoms with Gasteiger partial charge in [0.15, 0.2) is 13.2 Å². The van der Waals surface area contributed by atoms with E-state index in [-0.39, 0.29) is 13.2 Å². The molecule has 9 nitrogen and oxygen atoms in total. The van der Waals surface area contributed by atoms with E-state index in [2.05, 4.69) is 25.6 Å². The van der Waals surface area contributed by atoms with E-state index in [1.165, 1.54) is 24.2 Å². The molecule has 1 saturated heterocycles. The van der Waals surface area contributed by atoms with E-state index in [1.54, 1.807) is 0 Å². The number of rotatable bonds is 7. The molecular weight excluding hydrogens is 392 g/mol. The Morgan fingerprint density at radius 1 is 1.14 bits per heavy atom. The smallest absolute Gasteiger partial charge is 0.330 e. The lowest BCUT2D eigenvalue weighted by molar-refractivity contribution is -0.148. The number of tetrazole rings is 1. The van der Waals surface area contributed by atoms with Crippen LogP contribution in [-0.2, 0) is 20.9 Å². The lowest BCUT2D eigenvalue weighted by Gasteiger charge is -2.17. The largest absolute Gasteiger partial charge is 0.454 e. The molecule has 0 bridgehead atoms. The monoisotopic (exact) mass is 412 g/mol. The van der Waals surface area contributed by atoms with Gasteiger partial charge in [0.25, 0.3) is 5.91 Å². The van der Waals surface area contributed by atoms with Crippen LogP contribution in [0.25, 0.3) is 10.7 Å². The van der Waals surface area contributed by atoms with Crippen molar-refractivity contribution in [3.8, 4) is 10.7 Å². The number of thiophene rings is 1. The van der Waals surface area contributed by atoms with Crippen molar-refractivity contribution in [2.75, 3.05) is 29.9 Å². The zero-order valence-electron chi connectivity index (χ0n) is 15.7. The third-order valence-electron chi connectivity index (χ3n) is 4.45. The molecule has 4 rings (SSSR count). The molecule has 1 fully saturated rings. The Morgan fingerprint density at radius 3 is 2.66 bits per heavy atom. The van der Waals surface area contributed by atoms with Crippen LogP contribution in [0.5, 0.6) is 0 Å². The number of nitrogens with one attached hydrogen (secondary N) is 1. The predicted octanol–water partition coefficient (Wildman–Crippen LogP) is 2.18. The normalized spacial score (nSPS) is 13.4. The lowest BCUT2D eigenvalue weighted by atomic mass is 10.2. The maximum Gasteiger partial charge on any atom is 0.330 e. The van der Waals surface area contributed by atoms with Crippen LogP contribution in [0, 0.1) is 0 Å². The number of amides is 1. The van der Waals surface area contributed by atoms with Crippen molar-refractivity contribution < 1.29 is 14.3 Å². The van der Waals surface area contributed by atoms with Crippen molar-refractivity contribution >= 4 is 34.6 Å². The van der Waals surface area contributed by atoms with Gasteiger partial charge in [0.05, 0.1) is 4.88 Å². The van der Waals surface area contributed by atoms with Crippen LogP contribution in [-0.4, -0.2) is 51.8 Å². The van der Waals surface area contributed by atoms with Crippen molar-refractivity contribution in [3.63, 3.8) is 0 Å². The number of ether oxygens (including phenoxy) is 1. The first-order chi connectivity index (χ1) is 14.2. The topological polar surface area (TPSA) is 102 Å². The molecule has 1 aromatic carbocycles. The molecule has 0 radical (unpaired) electrons. The van der Waals surface area contributed by atoms with Crippen molar-refractivity contribution in [1.29, 1.82) is 0 Å². The van der Waals surface area contributed by atoms with Gasteiger partial charge in [0, 0.05) is 24.5 Å². The summed E-state index contributed by atoms with van der Waals surface area (Å²) in [6, 6.07) is 11.4. The number of carbonyl (C=O) groups is 2. The van der Waals surface area contributed by atoms with Gasteiger partial charge in [-0.25, -0.2) is 4.79 Å². The molecule has 3 aromatic rings. The zero-order valence-corrected chi connectivity index (χ0v) is 16.5. The summed E-state index contributed by atoms with van der Waals surface area (Å²) in [4.78, 5) is 28.3. The first-order valence-corrected chi connectivity index (χ1v) is 10.2. The summed E-state index contributed by atoms with van der Waals surface area (Å²) in [5.74, 6) is -0.569. The molecule has 3 heterocycles. The second-order valence-electron chi connectivity index (χ2n) is 6.57. The lowest BCUT2D eigenvalue weighted by Crippen LogP contribution is -2.23. The first kappa shape index (κ1) is 19.1. The molecule has 0 aliphatic carbocycles. The average molecular weight is 412 g/mol. The summed E-state index contributed by atoms with van der Waals surface area (Å²) in [5, 5.41) is 16.5. The maximum absolute atomic E-state index is 12.0. The molecule has 1 amide bonds. The van der Waals surface area contributed by atoms with E-state index < -0.39 is 11.9 Å². The van der Waals surface area contributed by atoms with Crippen LogP contribution in [0.4, 0.5) is 11.4 Å². The molecule has 29 heavy (non-hydrogen) atoms. The maximum atomic E-state index is 12.0. The zero-order chi connectivity index (χ0) is 20.1. The molecule has 0 unspecified atom stereocenters. The highest BCUT2D eigenvalue weighted by Gasteiger charge is 2.14. The summed E-state index contributed by atoms with van der Waals surface area (Å²) in [6.45, 7) is 1.55. The summed E-state index contributed by atoms with van der Waals surface area (Å²) in [5.41, 5.74) is 1.81. The Labute approximate surface area is 171 Å². The summed E-state index contributed by atoms with van der Waals surface area (Å²) in [6.07, 6.45) is 2.42. The molecule has 1 N–H and O–H groups in total. The van der Waals surface area contributed by atoms with Gasteiger partial charge in [-0.1, -0.05) is 6.07 Å². The van der Waals surface area contributed by atoms with Crippen LogP contribution >= 0.6 is 11.3 Å². The Morgan fingerprint density at radius 2 is 1.93 bits per heavy atom.